The van der Waals surface area contributed by atoms with E-state index >= 15 is 0 Å². The lowest BCUT2D eigenvalue weighted by Gasteiger charge is -2.14. The summed E-state index contributed by atoms with van der Waals surface area (Å²) in [4.78, 5) is 26.4. The molecule has 34 heavy (non-hydrogen) atoms. The predicted octanol–water partition coefficient (Wildman–Crippen LogP) is 4.77. The van der Waals surface area contributed by atoms with Crippen molar-refractivity contribution < 1.29 is 15.0 Å². The summed E-state index contributed by atoms with van der Waals surface area (Å²) in [5, 5.41) is 24.3. The van der Waals surface area contributed by atoms with Crippen molar-refractivity contribution in [1.29, 1.82) is 0 Å². The predicted molar refractivity (Wildman–Crippen MR) is 136 cm³/mol. The van der Waals surface area contributed by atoms with Gasteiger partial charge in [0.15, 0.2) is 5.56 Å². The molecule has 0 fully saturated rings. The number of carboxylic acid groups (broad SMARTS) is 1. The number of aromatic hydroxyl groups is 1. The molecule has 0 aliphatic heterocycles. The highest BCUT2D eigenvalue weighted by atomic mass is 35.5. The molecule has 178 valence electrons. The molecule has 0 amide bonds. The van der Waals surface area contributed by atoms with Crippen LogP contribution in [0.25, 0.3) is 22.2 Å². The van der Waals surface area contributed by atoms with Gasteiger partial charge in [-0.25, -0.2) is 4.79 Å². The number of hydrogen-bond donors (Lipinski definition) is 4. The zero-order valence-corrected chi connectivity index (χ0v) is 20.1. The van der Waals surface area contributed by atoms with Crippen LogP contribution >= 0.6 is 12.4 Å². The van der Waals surface area contributed by atoms with Crippen molar-refractivity contribution in [3.8, 4) is 17.0 Å². The lowest BCUT2D eigenvalue weighted by atomic mass is 9.99. The number of nitrogens with one attached hydrogen (secondary N) is 2. The van der Waals surface area contributed by atoms with Gasteiger partial charge >= 0.3 is 5.97 Å². The number of aromatic nitrogens is 2. The fraction of sp³-hybridized carbons (Fsp3) is 0.231. The number of H-pyrrole nitrogens is 1. The Morgan fingerprint density at radius 1 is 1.15 bits per heavy atom. The molecule has 0 spiro atoms. The molecule has 1 atom stereocenters. The lowest BCUT2D eigenvalue weighted by molar-refractivity contribution is 0.0691. The van der Waals surface area contributed by atoms with Crippen molar-refractivity contribution in [3.05, 3.63) is 87.3 Å². The zero-order chi connectivity index (χ0) is 23.7. The molecular formula is C26H28ClN3O4. The second-order valence-electron chi connectivity index (χ2n) is 8.17. The van der Waals surface area contributed by atoms with Gasteiger partial charge in [-0.05, 0) is 42.7 Å². The first-order valence-corrected chi connectivity index (χ1v) is 10.9. The maximum Gasteiger partial charge on any atom is 0.345 e. The molecule has 2 aromatic heterocycles. The SMILES string of the molecule is CCc1c(-c2ccc3c(c2)cc(CNC(C)c2ccccc2)n3C)[nH]c(=O)c(C(=O)O)c1O.Cl. The monoisotopic (exact) mass is 481 g/mol. The number of aryl methyl sites for hydroxylation is 1. The third kappa shape index (κ3) is 4.58. The molecule has 0 aliphatic carbocycles. The molecule has 0 saturated carbocycles. The van der Waals surface area contributed by atoms with Gasteiger partial charge in [-0.2, -0.15) is 0 Å². The van der Waals surface area contributed by atoms with E-state index in [4.69, 9.17) is 0 Å². The number of aromatic carboxylic acids is 1. The van der Waals surface area contributed by atoms with Gasteiger partial charge in [-0.3, -0.25) is 4.79 Å². The molecule has 1 unspecified atom stereocenters. The van der Waals surface area contributed by atoms with Gasteiger partial charge in [0.2, 0.25) is 0 Å². The summed E-state index contributed by atoms with van der Waals surface area (Å²) >= 11 is 0. The maximum absolute atomic E-state index is 12.3. The van der Waals surface area contributed by atoms with Gasteiger partial charge in [0.1, 0.15) is 5.75 Å². The summed E-state index contributed by atoms with van der Waals surface area (Å²) in [6, 6.07) is 18.3. The summed E-state index contributed by atoms with van der Waals surface area (Å²) in [6.45, 7) is 4.62. The van der Waals surface area contributed by atoms with Crippen LogP contribution in [0.2, 0.25) is 0 Å². The van der Waals surface area contributed by atoms with Gasteiger partial charge in [0.05, 0.1) is 5.69 Å². The Kier molecular flexibility index (Phi) is 7.49. The molecule has 4 N–H and O–H groups in total. The Bertz CT molecular complexity index is 1390. The minimum absolute atomic E-state index is 0. The Labute approximate surface area is 203 Å². The average molecular weight is 482 g/mol. The minimum Gasteiger partial charge on any atom is -0.506 e. The summed E-state index contributed by atoms with van der Waals surface area (Å²) in [5.41, 5.74) is 3.48. The van der Waals surface area contributed by atoms with E-state index in [-0.39, 0.29) is 18.4 Å². The molecule has 0 bridgehead atoms. The summed E-state index contributed by atoms with van der Waals surface area (Å²) < 4.78 is 2.12. The Balaban J connectivity index is 0.00000324. The molecule has 0 radical (unpaired) electrons. The van der Waals surface area contributed by atoms with Crippen LogP contribution in [-0.4, -0.2) is 25.7 Å². The van der Waals surface area contributed by atoms with Gasteiger partial charge in [0.25, 0.3) is 5.56 Å². The summed E-state index contributed by atoms with van der Waals surface area (Å²) in [5.74, 6) is -1.92. The van der Waals surface area contributed by atoms with Crippen LogP contribution in [0.5, 0.6) is 5.75 Å². The van der Waals surface area contributed by atoms with Crippen molar-refractivity contribution in [1.82, 2.24) is 14.9 Å². The van der Waals surface area contributed by atoms with E-state index < -0.39 is 22.8 Å². The van der Waals surface area contributed by atoms with Crippen molar-refractivity contribution in [2.24, 2.45) is 7.05 Å². The number of rotatable bonds is 7. The van der Waals surface area contributed by atoms with Crippen LogP contribution in [-0.2, 0) is 20.0 Å². The minimum atomic E-state index is -1.45. The normalized spacial score (nSPS) is 11.9. The Morgan fingerprint density at radius 3 is 2.50 bits per heavy atom. The third-order valence-corrected chi connectivity index (χ3v) is 6.18. The molecule has 4 rings (SSSR count). The van der Waals surface area contributed by atoms with Gasteiger partial charge in [0, 0.05) is 41.8 Å². The van der Waals surface area contributed by atoms with E-state index in [1.54, 1.807) is 6.92 Å². The molecule has 0 aliphatic rings. The number of halogens is 1. The molecule has 2 aromatic carbocycles. The van der Waals surface area contributed by atoms with Crippen LogP contribution in [0.15, 0.2) is 59.4 Å². The average Bonchev–Trinajstić information content (AvgIpc) is 3.12. The van der Waals surface area contributed by atoms with E-state index in [0.717, 1.165) is 16.6 Å². The fourth-order valence-corrected chi connectivity index (χ4v) is 4.27. The molecule has 8 heteroatoms. The van der Waals surface area contributed by atoms with Crippen LogP contribution in [0.3, 0.4) is 0 Å². The van der Waals surface area contributed by atoms with Gasteiger partial charge in [-0.15, -0.1) is 12.4 Å². The van der Waals surface area contributed by atoms with E-state index in [9.17, 15) is 19.8 Å². The quantitative estimate of drug-likeness (QED) is 0.304. The number of hydrogen-bond acceptors (Lipinski definition) is 4. The third-order valence-electron chi connectivity index (χ3n) is 6.18. The van der Waals surface area contributed by atoms with Gasteiger partial charge < -0.3 is 25.1 Å². The number of carbonyl (C=O) groups is 1. The van der Waals surface area contributed by atoms with E-state index in [2.05, 4.69) is 40.0 Å². The number of benzene rings is 2. The highest BCUT2D eigenvalue weighted by Gasteiger charge is 2.22. The highest BCUT2D eigenvalue weighted by Crippen LogP contribution is 2.32. The largest absolute Gasteiger partial charge is 0.506 e. The summed E-state index contributed by atoms with van der Waals surface area (Å²) in [6.07, 6.45) is 0.373. The number of pyridine rings is 1. The van der Waals surface area contributed by atoms with Crippen LogP contribution in [0.4, 0.5) is 0 Å². The summed E-state index contributed by atoms with van der Waals surface area (Å²) in [7, 11) is 2.01. The molecule has 7 nitrogen and oxygen atoms in total. The lowest BCUT2D eigenvalue weighted by Crippen LogP contribution is -2.20. The smallest absolute Gasteiger partial charge is 0.345 e. The van der Waals surface area contributed by atoms with Gasteiger partial charge in [-0.1, -0.05) is 43.3 Å². The Hall–Kier alpha value is -3.55. The molecule has 2 heterocycles. The molecule has 4 aromatic rings. The number of carboxylic acids is 1. The van der Waals surface area contributed by atoms with Crippen LogP contribution in [0.1, 0.15) is 47.1 Å². The number of nitrogens with zero attached hydrogens (tertiary/aromatic N) is 1. The van der Waals surface area contributed by atoms with E-state index in [0.29, 0.717) is 29.8 Å². The zero-order valence-electron chi connectivity index (χ0n) is 19.3. The number of aromatic amines is 1. The second kappa shape index (κ2) is 10.2. The van der Waals surface area contributed by atoms with E-state index in [1.165, 1.54) is 5.56 Å². The molecular weight excluding hydrogens is 454 g/mol. The van der Waals surface area contributed by atoms with Crippen LogP contribution < -0.4 is 10.9 Å². The van der Waals surface area contributed by atoms with Crippen LogP contribution in [0, 0.1) is 0 Å². The van der Waals surface area contributed by atoms with Crippen molar-refractivity contribution in [3.63, 3.8) is 0 Å². The standard InChI is InChI=1S/C26H27N3O4.ClH/c1-4-20-23(28-25(31)22(24(20)30)26(32)33)17-10-11-21-18(12-17)13-19(29(21)3)14-27-15(2)16-8-6-5-7-9-16;/h5-13,15,27H,4,14H2,1-3H3,(H,32,33)(H2,28,30,31);1H. The second-order valence-corrected chi connectivity index (χ2v) is 8.17. The fourth-order valence-electron chi connectivity index (χ4n) is 4.27. The maximum atomic E-state index is 12.3. The Morgan fingerprint density at radius 2 is 1.85 bits per heavy atom. The van der Waals surface area contributed by atoms with E-state index in [1.807, 2.05) is 43.4 Å². The van der Waals surface area contributed by atoms with Crippen molar-refractivity contribution in [2.45, 2.75) is 32.9 Å². The first-order valence-electron chi connectivity index (χ1n) is 10.9. The first-order chi connectivity index (χ1) is 15.8. The first kappa shape index (κ1) is 25.1. The number of fused-ring (bicyclic) bond motifs is 1. The topological polar surface area (TPSA) is 107 Å². The molecule has 0 saturated heterocycles. The van der Waals surface area contributed by atoms with Crippen molar-refractivity contribution >= 4 is 29.3 Å². The van der Waals surface area contributed by atoms with Crippen molar-refractivity contribution in [2.75, 3.05) is 0 Å². The highest BCUT2D eigenvalue weighted by molar-refractivity contribution is 5.92.